The summed E-state index contributed by atoms with van der Waals surface area (Å²) in [5, 5.41) is 0. The Morgan fingerprint density at radius 3 is 2.56 bits per heavy atom. The van der Waals surface area contributed by atoms with Gasteiger partial charge in [-0.1, -0.05) is 32.0 Å². The van der Waals surface area contributed by atoms with Crippen LogP contribution in [-0.2, 0) is 10.2 Å². The number of carbonyl (C=O) groups excluding carboxylic acids is 1. The van der Waals surface area contributed by atoms with Crippen LogP contribution in [0.5, 0.6) is 0 Å². The second kappa shape index (κ2) is 3.28. The molecule has 2 aliphatic heterocycles. The molecule has 1 amide bonds. The summed E-state index contributed by atoms with van der Waals surface area (Å²) >= 11 is 0. The smallest absolute Gasteiger partial charge is 0.244 e. The Morgan fingerprint density at radius 2 is 1.89 bits per heavy atom. The zero-order chi connectivity index (χ0) is 13.1. The summed E-state index contributed by atoms with van der Waals surface area (Å²) < 4.78 is 0. The highest BCUT2D eigenvalue weighted by atomic mass is 16.2. The fourth-order valence-corrected chi connectivity index (χ4v) is 3.73. The van der Waals surface area contributed by atoms with Crippen molar-refractivity contribution in [2.45, 2.75) is 38.8 Å². The van der Waals surface area contributed by atoms with E-state index in [1.54, 1.807) is 0 Å². The van der Waals surface area contributed by atoms with Crippen molar-refractivity contribution in [3.05, 3.63) is 29.8 Å². The zero-order valence-corrected chi connectivity index (χ0v) is 11.5. The molecular formula is C15H20N2O. The highest BCUT2D eigenvalue weighted by Crippen LogP contribution is 2.54. The monoisotopic (exact) mass is 244 g/mol. The van der Waals surface area contributed by atoms with Crippen molar-refractivity contribution in [2.24, 2.45) is 0 Å². The molecule has 0 unspecified atom stereocenters. The summed E-state index contributed by atoms with van der Waals surface area (Å²) in [4.78, 5) is 16.5. The van der Waals surface area contributed by atoms with Gasteiger partial charge in [-0.3, -0.25) is 4.79 Å². The van der Waals surface area contributed by atoms with Crippen LogP contribution < -0.4 is 4.90 Å². The molecule has 96 valence electrons. The molecule has 0 aromatic heterocycles. The number of fused-ring (bicyclic) bond motifs is 3. The zero-order valence-electron chi connectivity index (χ0n) is 11.5. The number of hydrogen-bond donors (Lipinski definition) is 0. The first-order chi connectivity index (χ1) is 8.44. The molecule has 3 heteroatoms. The van der Waals surface area contributed by atoms with Gasteiger partial charge in [0.25, 0.3) is 0 Å². The van der Waals surface area contributed by atoms with E-state index in [9.17, 15) is 4.79 Å². The summed E-state index contributed by atoms with van der Waals surface area (Å²) in [6.45, 7) is 10.0. The Morgan fingerprint density at radius 1 is 1.22 bits per heavy atom. The number of amides is 1. The van der Waals surface area contributed by atoms with Crippen LogP contribution in [0.3, 0.4) is 0 Å². The van der Waals surface area contributed by atoms with Crippen LogP contribution in [0.4, 0.5) is 5.69 Å². The van der Waals surface area contributed by atoms with Crippen molar-refractivity contribution in [2.75, 3.05) is 18.0 Å². The molecule has 0 radical (unpaired) electrons. The van der Waals surface area contributed by atoms with Crippen molar-refractivity contribution < 1.29 is 4.79 Å². The Bertz CT molecular complexity index is 523. The molecule has 3 rings (SSSR count). The molecular weight excluding hydrogens is 224 g/mol. The lowest BCUT2D eigenvalue weighted by molar-refractivity contribution is -0.131. The maximum absolute atomic E-state index is 12.2. The lowest BCUT2D eigenvalue weighted by atomic mass is 9.76. The molecule has 1 fully saturated rings. The van der Waals surface area contributed by atoms with E-state index in [-0.39, 0.29) is 17.0 Å². The number of rotatable bonds is 1. The SMILES string of the molecule is CCN1C(=O)CN2c3ccccc3C(C)(C)[C@@]12C. The van der Waals surface area contributed by atoms with E-state index in [2.05, 4.69) is 56.9 Å². The third kappa shape index (κ3) is 1.03. The van der Waals surface area contributed by atoms with E-state index < -0.39 is 0 Å². The third-order valence-electron chi connectivity index (χ3n) is 5.01. The topological polar surface area (TPSA) is 23.6 Å². The number of anilines is 1. The maximum atomic E-state index is 12.2. The number of likely N-dealkylation sites (N-methyl/N-ethyl adjacent to an activating group) is 1. The van der Waals surface area contributed by atoms with Crippen molar-refractivity contribution in [1.29, 1.82) is 0 Å². The standard InChI is InChI=1S/C15H20N2O/c1-5-16-13(18)10-17-12-9-7-6-8-11(12)14(2,3)15(16,17)4/h6-9H,5,10H2,1-4H3/t15-/m0/s1. The van der Waals surface area contributed by atoms with E-state index in [0.29, 0.717) is 6.54 Å². The Kier molecular flexibility index (Phi) is 2.11. The summed E-state index contributed by atoms with van der Waals surface area (Å²) in [7, 11) is 0. The molecule has 18 heavy (non-hydrogen) atoms. The molecule has 3 nitrogen and oxygen atoms in total. The van der Waals surface area contributed by atoms with E-state index in [4.69, 9.17) is 0 Å². The van der Waals surface area contributed by atoms with E-state index in [0.717, 1.165) is 6.54 Å². The minimum atomic E-state index is -0.234. The Labute approximate surface area is 108 Å². The number of carbonyl (C=O) groups is 1. The van der Waals surface area contributed by atoms with Crippen molar-refractivity contribution in [3.63, 3.8) is 0 Å². The van der Waals surface area contributed by atoms with Crippen LogP contribution in [0.2, 0.25) is 0 Å². The minimum absolute atomic E-state index is 0.0498. The van der Waals surface area contributed by atoms with E-state index >= 15 is 0 Å². The lowest BCUT2D eigenvalue weighted by Gasteiger charge is -2.45. The van der Waals surface area contributed by atoms with Crippen LogP contribution in [0, 0.1) is 0 Å². The second-order valence-electron chi connectivity index (χ2n) is 5.89. The van der Waals surface area contributed by atoms with Gasteiger partial charge >= 0.3 is 0 Å². The highest BCUT2D eigenvalue weighted by Gasteiger charge is 2.61. The molecule has 0 N–H and O–H groups in total. The molecule has 2 heterocycles. The normalized spacial score (nSPS) is 28.6. The van der Waals surface area contributed by atoms with Gasteiger partial charge in [-0.2, -0.15) is 0 Å². The fourth-order valence-electron chi connectivity index (χ4n) is 3.73. The van der Waals surface area contributed by atoms with E-state index in [1.165, 1.54) is 11.3 Å². The van der Waals surface area contributed by atoms with Crippen LogP contribution in [0.15, 0.2) is 24.3 Å². The first kappa shape index (κ1) is 11.6. The maximum Gasteiger partial charge on any atom is 0.244 e. The number of hydrogen-bond acceptors (Lipinski definition) is 2. The first-order valence-corrected chi connectivity index (χ1v) is 6.62. The second-order valence-corrected chi connectivity index (χ2v) is 5.89. The predicted molar refractivity (Wildman–Crippen MR) is 72.6 cm³/mol. The van der Waals surface area contributed by atoms with Gasteiger partial charge in [-0.25, -0.2) is 0 Å². The summed E-state index contributed by atoms with van der Waals surface area (Å²) in [6, 6.07) is 8.47. The average Bonchev–Trinajstić information content (AvgIpc) is 2.69. The van der Waals surface area contributed by atoms with Crippen LogP contribution >= 0.6 is 0 Å². The Balaban J connectivity index is 2.25. The number of nitrogens with zero attached hydrogens (tertiary/aromatic N) is 2. The van der Waals surface area contributed by atoms with Crippen LogP contribution in [0.1, 0.15) is 33.3 Å². The third-order valence-corrected chi connectivity index (χ3v) is 5.01. The molecule has 2 aliphatic rings. The Hall–Kier alpha value is -1.51. The highest BCUT2D eigenvalue weighted by molar-refractivity contribution is 5.90. The van der Waals surface area contributed by atoms with Crippen molar-refractivity contribution >= 4 is 11.6 Å². The largest absolute Gasteiger partial charge is 0.338 e. The molecule has 1 aromatic carbocycles. The molecule has 0 bridgehead atoms. The quantitative estimate of drug-likeness (QED) is 0.757. The van der Waals surface area contributed by atoms with Gasteiger partial charge in [0.1, 0.15) is 5.66 Å². The molecule has 0 aliphatic carbocycles. The van der Waals surface area contributed by atoms with Gasteiger partial charge < -0.3 is 9.80 Å². The average molecular weight is 244 g/mol. The molecule has 1 aromatic rings. The van der Waals surface area contributed by atoms with Gasteiger partial charge in [0, 0.05) is 17.6 Å². The summed E-state index contributed by atoms with van der Waals surface area (Å²) in [5.74, 6) is 0.238. The van der Waals surface area contributed by atoms with Crippen molar-refractivity contribution in [3.8, 4) is 0 Å². The number of para-hydroxylation sites is 1. The van der Waals surface area contributed by atoms with Gasteiger partial charge in [0.15, 0.2) is 0 Å². The first-order valence-electron chi connectivity index (χ1n) is 6.62. The summed E-state index contributed by atoms with van der Waals surface area (Å²) in [6.07, 6.45) is 0. The van der Waals surface area contributed by atoms with Crippen LogP contribution in [-0.4, -0.2) is 29.6 Å². The van der Waals surface area contributed by atoms with Gasteiger partial charge in [-0.15, -0.1) is 0 Å². The molecule has 0 saturated carbocycles. The minimum Gasteiger partial charge on any atom is -0.338 e. The molecule has 1 atom stereocenters. The molecule has 1 saturated heterocycles. The number of benzene rings is 1. The predicted octanol–water partition coefficient (Wildman–Crippen LogP) is 2.36. The fraction of sp³-hybridized carbons (Fsp3) is 0.533. The van der Waals surface area contributed by atoms with E-state index in [1.807, 2.05) is 4.90 Å². The van der Waals surface area contributed by atoms with Gasteiger partial charge in [0.05, 0.1) is 6.54 Å². The van der Waals surface area contributed by atoms with Crippen molar-refractivity contribution in [1.82, 2.24) is 4.90 Å². The summed E-state index contributed by atoms with van der Waals surface area (Å²) in [5.41, 5.74) is 2.28. The lowest BCUT2D eigenvalue weighted by Crippen LogP contribution is -2.59. The molecule has 0 spiro atoms. The van der Waals surface area contributed by atoms with Gasteiger partial charge in [0.2, 0.25) is 5.91 Å². The van der Waals surface area contributed by atoms with Gasteiger partial charge in [-0.05, 0) is 25.5 Å². The van der Waals surface area contributed by atoms with Crippen LogP contribution in [0.25, 0.3) is 0 Å².